The minimum Gasteiger partial charge on any atom is -0.308 e. The normalized spacial score (nSPS) is 10.6. The summed E-state index contributed by atoms with van der Waals surface area (Å²) in [7, 11) is 0. The molecule has 0 saturated heterocycles. The van der Waals surface area contributed by atoms with Crippen LogP contribution in [0, 0.1) is 18.3 Å². The van der Waals surface area contributed by atoms with Crippen LogP contribution in [0.3, 0.4) is 0 Å². The summed E-state index contributed by atoms with van der Waals surface area (Å²) in [6.07, 6.45) is 2.28. The Morgan fingerprint density at radius 3 is 2.80 bits per heavy atom. The van der Waals surface area contributed by atoms with E-state index in [9.17, 15) is 0 Å². The highest BCUT2D eigenvalue weighted by atomic mass is 15.1. The summed E-state index contributed by atoms with van der Waals surface area (Å²) in [5.41, 5.74) is 3.84. The molecule has 0 bridgehead atoms. The number of hydrogen-bond acceptors (Lipinski definition) is 3. The lowest BCUT2D eigenvalue weighted by Gasteiger charge is -2.06. The van der Waals surface area contributed by atoms with Gasteiger partial charge in [0.25, 0.3) is 0 Å². The van der Waals surface area contributed by atoms with E-state index in [-0.39, 0.29) is 0 Å². The van der Waals surface area contributed by atoms with Crippen molar-refractivity contribution < 1.29 is 0 Å². The first-order valence-corrected chi connectivity index (χ1v) is 6.55. The predicted molar refractivity (Wildman–Crippen MR) is 77.9 cm³/mol. The van der Waals surface area contributed by atoms with Gasteiger partial charge >= 0.3 is 0 Å². The summed E-state index contributed by atoms with van der Waals surface area (Å²) in [5.74, 6) is 0.869. The molecule has 2 heterocycles. The van der Waals surface area contributed by atoms with Gasteiger partial charge in [0.2, 0.25) is 0 Å². The SMILES string of the molecule is Cc1cnc2c(c1)nc(-c1ccccc1)n2CCC#N. The van der Waals surface area contributed by atoms with Crippen molar-refractivity contribution in [3.8, 4) is 17.5 Å². The van der Waals surface area contributed by atoms with Crippen LogP contribution in [0.15, 0.2) is 42.6 Å². The lowest BCUT2D eigenvalue weighted by atomic mass is 10.2. The highest BCUT2D eigenvalue weighted by molar-refractivity contribution is 5.77. The van der Waals surface area contributed by atoms with Crippen molar-refractivity contribution in [2.24, 2.45) is 0 Å². The Bertz CT molecular complexity index is 781. The lowest BCUT2D eigenvalue weighted by molar-refractivity contribution is 0.737. The van der Waals surface area contributed by atoms with Crippen LogP contribution < -0.4 is 0 Å². The number of rotatable bonds is 3. The highest BCUT2D eigenvalue weighted by Crippen LogP contribution is 2.24. The summed E-state index contributed by atoms with van der Waals surface area (Å²) in [6.45, 7) is 2.61. The molecule has 20 heavy (non-hydrogen) atoms. The third-order valence-corrected chi connectivity index (χ3v) is 3.20. The maximum atomic E-state index is 8.84. The molecule has 98 valence electrons. The monoisotopic (exact) mass is 262 g/mol. The van der Waals surface area contributed by atoms with Crippen LogP contribution in [-0.2, 0) is 6.54 Å². The summed E-state index contributed by atoms with van der Waals surface area (Å²) in [6, 6.07) is 14.2. The summed E-state index contributed by atoms with van der Waals surface area (Å²) >= 11 is 0. The molecule has 0 radical (unpaired) electrons. The standard InChI is InChI=1S/C16H14N4/c1-12-10-14-16(18-11-12)20(9-5-8-17)15(19-14)13-6-3-2-4-7-13/h2-4,6-7,10-11H,5,9H2,1H3. The molecule has 0 spiro atoms. The van der Waals surface area contributed by atoms with Gasteiger partial charge in [-0.2, -0.15) is 5.26 Å². The maximum Gasteiger partial charge on any atom is 0.160 e. The van der Waals surface area contributed by atoms with Crippen LogP contribution >= 0.6 is 0 Å². The van der Waals surface area contributed by atoms with Gasteiger partial charge in [-0.05, 0) is 18.6 Å². The Hall–Kier alpha value is -2.67. The van der Waals surface area contributed by atoms with Crippen LogP contribution in [-0.4, -0.2) is 14.5 Å². The third kappa shape index (κ3) is 2.14. The second kappa shape index (κ2) is 5.14. The first-order chi connectivity index (χ1) is 9.79. The van der Waals surface area contributed by atoms with Gasteiger partial charge in [-0.25, -0.2) is 9.97 Å². The van der Waals surface area contributed by atoms with Crippen LogP contribution in [0.1, 0.15) is 12.0 Å². The van der Waals surface area contributed by atoms with Crippen molar-refractivity contribution in [1.29, 1.82) is 5.26 Å². The number of pyridine rings is 1. The first-order valence-electron chi connectivity index (χ1n) is 6.55. The van der Waals surface area contributed by atoms with Gasteiger partial charge in [-0.15, -0.1) is 0 Å². The molecule has 0 unspecified atom stereocenters. The molecule has 2 aromatic heterocycles. The average molecular weight is 262 g/mol. The van der Waals surface area contributed by atoms with E-state index in [4.69, 9.17) is 5.26 Å². The Kier molecular flexibility index (Phi) is 3.18. The quantitative estimate of drug-likeness (QED) is 0.727. The molecule has 4 heteroatoms. The van der Waals surface area contributed by atoms with E-state index in [2.05, 4.69) is 16.0 Å². The van der Waals surface area contributed by atoms with Crippen LogP contribution in [0.2, 0.25) is 0 Å². The zero-order valence-corrected chi connectivity index (χ0v) is 11.2. The van der Waals surface area contributed by atoms with Crippen LogP contribution in [0.25, 0.3) is 22.6 Å². The summed E-state index contributed by atoms with van der Waals surface area (Å²) < 4.78 is 2.02. The van der Waals surface area contributed by atoms with Crippen LogP contribution in [0.4, 0.5) is 0 Å². The van der Waals surface area contributed by atoms with E-state index in [1.54, 1.807) is 0 Å². The number of aryl methyl sites for hydroxylation is 2. The number of hydrogen-bond donors (Lipinski definition) is 0. The number of aromatic nitrogens is 3. The van der Waals surface area contributed by atoms with Gasteiger partial charge in [0.05, 0.1) is 12.5 Å². The van der Waals surface area contributed by atoms with Crippen molar-refractivity contribution in [2.45, 2.75) is 19.9 Å². The van der Waals surface area contributed by atoms with Gasteiger partial charge in [0.1, 0.15) is 11.3 Å². The maximum absolute atomic E-state index is 8.84. The molecule has 3 rings (SSSR count). The van der Waals surface area contributed by atoms with E-state index in [0.29, 0.717) is 13.0 Å². The molecule has 0 fully saturated rings. The molecule has 3 aromatic rings. The summed E-state index contributed by atoms with van der Waals surface area (Å²) in [5, 5.41) is 8.84. The second-order valence-corrected chi connectivity index (χ2v) is 4.72. The Balaban J connectivity index is 2.22. The van der Waals surface area contributed by atoms with E-state index in [1.807, 2.05) is 54.1 Å². The van der Waals surface area contributed by atoms with E-state index >= 15 is 0 Å². The fourth-order valence-corrected chi connectivity index (χ4v) is 2.29. The Morgan fingerprint density at radius 2 is 2.05 bits per heavy atom. The largest absolute Gasteiger partial charge is 0.308 e. The van der Waals surface area contributed by atoms with Gasteiger partial charge in [-0.3, -0.25) is 0 Å². The molecule has 0 N–H and O–H groups in total. The molecular weight excluding hydrogens is 248 g/mol. The molecule has 0 aliphatic heterocycles. The van der Waals surface area contributed by atoms with E-state index in [0.717, 1.165) is 28.1 Å². The number of fused-ring (bicyclic) bond motifs is 1. The van der Waals surface area contributed by atoms with Crippen molar-refractivity contribution >= 4 is 11.2 Å². The summed E-state index contributed by atoms with van der Waals surface area (Å²) in [4.78, 5) is 9.16. The van der Waals surface area contributed by atoms with Crippen LogP contribution in [0.5, 0.6) is 0 Å². The zero-order valence-electron chi connectivity index (χ0n) is 11.2. The number of nitrogens with zero attached hydrogens (tertiary/aromatic N) is 4. The average Bonchev–Trinajstić information content (AvgIpc) is 2.83. The first kappa shape index (κ1) is 12.4. The zero-order chi connectivity index (χ0) is 13.9. The van der Waals surface area contributed by atoms with Crippen molar-refractivity contribution in [3.63, 3.8) is 0 Å². The van der Waals surface area contributed by atoms with Gasteiger partial charge < -0.3 is 4.57 Å². The molecule has 0 atom stereocenters. The van der Waals surface area contributed by atoms with Gasteiger partial charge in [-0.1, -0.05) is 30.3 Å². The fraction of sp³-hybridized carbons (Fsp3) is 0.188. The molecule has 0 aliphatic rings. The molecule has 0 amide bonds. The molecular formula is C16H14N4. The second-order valence-electron chi connectivity index (χ2n) is 4.72. The minimum atomic E-state index is 0.445. The smallest absolute Gasteiger partial charge is 0.160 e. The third-order valence-electron chi connectivity index (χ3n) is 3.20. The minimum absolute atomic E-state index is 0.445. The Labute approximate surface area is 117 Å². The van der Waals surface area contributed by atoms with Crippen molar-refractivity contribution in [3.05, 3.63) is 48.2 Å². The Morgan fingerprint density at radius 1 is 1.25 bits per heavy atom. The van der Waals surface area contributed by atoms with Crippen molar-refractivity contribution in [1.82, 2.24) is 14.5 Å². The van der Waals surface area contributed by atoms with E-state index < -0.39 is 0 Å². The number of imidazole rings is 1. The topological polar surface area (TPSA) is 54.5 Å². The highest BCUT2D eigenvalue weighted by Gasteiger charge is 2.13. The molecule has 1 aromatic carbocycles. The molecule has 0 saturated carbocycles. The molecule has 0 aliphatic carbocycles. The fourth-order valence-electron chi connectivity index (χ4n) is 2.29. The molecule has 4 nitrogen and oxygen atoms in total. The number of nitriles is 1. The van der Waals surface area contributed by atoms with Gasteiger partial charge in [0.15, 0.2) is 5.65 Å². The van der Waals surface area contributed by atoms with Crippen molar-refractivity contribution in [2.75, 3.05) is 0 Å². The lowest BCUT2D eigenvalue weighted by Crippen LogP contribution is -2.01. The van der Waals surface area contributed by atoms with E-state index in [1.165, 1.54) is 0 Å². The van der Waals surface area contributed by atoms with Gasteiger partial charge in [0, 0.05) is 18.3 Å². The number of benzene rings is 1. The predicted octanol–water partition coefficient (Wildman–Crippen LogP) is 3.32.